The zero-order valence-electron chi connectivity index (χ0n) is 14.7. The molecule has 0 aromatic heterocycles. The lowest BCUT2D eigenvalue weighted by atomic mass is 9.89. The summed E-state index contributed by atoms with van der Waals surface area (Å²) in [6.07, 6.45) is 4.38. The van der Waals surface area contributed by atoms with Crippen molar-refractivity contribution in [3.63, 3.8) is 0 Å². The van der Waals surface area contributed by atoms with Crippen LogP contribution in [0.4, 0.5) is 0 Å². The third kappa shape index (κ3) is 5.38. The number of rotatable bonds is 5. The van der Waals surface area contributed by atoms with Gasteiger partial charge in [-0.15, -0.1) is 0 Å². The molecule has 1 fully saturated rings. The van der Waals surface area contributed by atoms with Crippen LogP contribution in [0.15, 0.2) is 23.3 Å². The second-order valence-corrected chi connectivity index (χ2v) is 6.90. The van der Waals surface area contributed by atoms with Gasteiger partial charge in [-0.3, -0.25) is 4.79 Å². The quantitative estimate of drug-likeness (QED) is 0.829. The molecule has 0 heterocycles. The van der Waals surface area contributed by atoms with Crippen molar-refractivity contribution in [1.82, 2.24) is 5.43 Å². The van der Waals surface area contributed by atoms with Gasteiger partial charge in [-0.05, 0) is 61.6 Å². The zero-order valence-corrected chi connectivity index (χ0v) is 14.7. The maximum atomic E-state index is 12.0. The Kier molecular flexibility index (Phi) is 6.20. The lowest BCUT2D eigenvalue weighted by Gasteiger charge is -2.19. The van der Waals surface area contributed by atoms with Gasteiger partial charge in [0.2, 0.25) is 0 Å². The molecule has 1 aliphatic carbocycles. The highest BCUT2D eigenvalue weighted by molar-refractivity contribution is 5.87. The molecule has 0 unspecified atom stereocenters. The number of ether oxygens (including phenoxy) is 1. The number of nitrogens with zero attached hydrogens (tertiary/aromatic N) is 1. The molecule has 0 radical (unpaired) electrons. The maximum Gasteiger partial charge on any atom is 0.277 e. The number of carbonyl (C=O) groups is 1. The largest absolute Gasteiger partial charge is 0.483 e. The van der Waals surface area contributed by atoms with Crippen molar-refractivity contribution >= 4 is 11.6 Å². The highest BCUT2D eigenvalue weighted by Gasteiger charge is 2.14. The van der Waals surface area contributed by atoms with Crippen molar-refractivity contribution in [2.75, 3.05) is 6.61 Å². The van der Waals surface area contributed by atoms with Crippen LogP contribution in [0.25, 0.3) is 0 Å². The van der Waals surface area contributed by atoms with Gasteiger partial charge in [-0.1, -0.05) is 32.9 Å². The van der Waals surface area contributed by atoms with Gasteiger partial charge in [-0.25, -0.2) is 5.43 Å². The summed E-state index contributed by atoms with van der Waals surface area (Å²) in [5, 5.41) is 4.26. The van der Waals surface area contributed by atoms with Crippen LogP contribution in [0, 0.1) is 12.8 Å². The van der Waals surface area contributed by atoms with Gasteiger partial charge < -0.3 is 4.74 Å². The fourth-order valence-corrected chi connectivity index (χ4v) is 2.92. The standard InChI is InChI=1S/C19H28N2O2/c1-13(2)17-9-8-15(4)11-18(17)23-12-19(22)21-20-16-7-5-6-14(3)10-16/h8-9,11,13-14H,5-7,10,12H2,1-4H3,(H,21,22)/b20-16-/t14-/m1/s1. The number of aryl methyl sites for hydroxylation is 1. The maximum absolute atomic E-state index is 12.0. The second kappa shape index (κ2) is 8.14. The first kappa shape index (κ1) is 17.5. The number of amides is 1. The Morgan fingerprint density at radius 1 is 1.43 bits per heavy atom. The van der Waals surface area contributed by atoms with E-state index in [2.05, 4.69) is 43.4 Å². The molecule has 0 aliphatic heterocycles. The molecule has 1 aromatic rings. The number of hydrazone groups is 1. The van der Waals surface area contributed by atoms with E-state index in [0.717, 1.165) is 41.9 Å². The van der Waals surface area contributed by atoms with Crippen LogP contribution in [0.3, 0.4) is 0 Å². The number of benzene rings is 1. The highest BCUT2D eigenvalue weighted by atomic mass is 16.5. The fourth-order valence-electron chi connectivity index (χ4n) is 2.92. The SMILES string of the molecule is Cc1ccc(C(C)C)c(OCC(=O)N/N=C2/CCC[C@@H](C)C2)c1. The molecule has 1 saturated carbocycles. The lowest BCUT2D eigenvalue weighted by Crippen LogP contribution is -2.27. The van der Waals surface area contributed by atoms with E-state index in [9.17, 15) is 4.79 Å². The second-order valence-electron chi connectivity index (χ2n) is 6.90. The van der Waals surface area contributed by atoms with E-state index in [1.54, 1.807) is 0 Å². The number of hydrogen-bond acceptors (Lipinski definition) is 3. The first-order chi connectivity index (χ1) is 11.0. The molecular formula is C19H28N2O2. The molecule has 23 heavy (non-hydrogen) atoms. The average Bonchev–Trinajstić information content (AvgIpc) is 2.50. The van der Waals surface area contributed by atoms with Crippen molar-refractivity contribution in [2.24, 2.45) is 11.0 Å². The van der Waals surface area contributed by atoms with Gasteiger partial charge in [0.15, 0.2) is 6.61 Å². The molecule has 1 aliphatic rings. The van der Waals surface area contributed by atoms with Crippen LogP contribution < -0.4 is 10.2 Å². The van der Waals surface area contributed by atoms with Crippen LogP contribution in [0.1, 0.15) is 63.5 Å². The minimum absolute atomic E-state index is 0.00446. The third-order valence-electron chi connectivity index (χ3n) is 4.23. The molecule has 1 amide bonds. The molecule has 1 N–H and O–H groups in total. The molecule has 126 valence electrons. The van der Waals surface area contributed by atoms with E-state index in [1.807, 2.05) is 13.0 Å². The van der Waals surface area contributed by atoms with Crippen LogP contribution in [0.2, 0.25) is 0 Å². The van der Waals surface area contributed by atoms with E-state index in [0.29, 0.717) is 11.8 Å². The Bertz CT molecular complexity index is 579. The van der Waals surface area contributed by atoms with E-state index in [-0.39, 0.29) is 12.5 Å². The molecule has 0 spiro atoms. The molecule has 4 nitrogen and oxygen atoms in total. The van der Waals surface area contributed by atoms with E-state index in [4.69, 9.17) is 4.74 Å². The summed E-state index contributed by atoms with van der Waals surface area (Å²) in [5.41, 5.74) is 5.97. The summed E-state index contributed by atoms with van der Waals surface area (Å²) in [4.78, 5) is 12.0. The smallest absolute Gasteiger partial charge is 0.277 e. The average molecular weight is 316 g/mol. The monoisotopic (exact) mass is 316 g/mol. The van der Waals surface area contributed by atoms with Gasteiger partial charge in [0.1, 0.15) is 5.75 Å². The normalized spacial score (nSPS) is 19.9. The van der Waals surface area contributed by atoms with Crippen molar-refractivity contribution in [2.45, 2.75) is 59.3 Å². The van der Waals surface area contributed by atoms with Gasteiger partial charge in [0.05, 0.1) is 0 Å². The summed E-state index contributed by atoms with van der Waals surface area (Å²) in [6.45, 7) is 8.48. The van der Waals surface area contributed by atoms with Crippen molar-refractivity contribution in [3.05, 3.63) is 29.3 Å². The summed E-state index contributed by atoms with van der Waals surface area (Å²) in [5.74, 6) is 1.61. The summed E-state index contributed by atoms with van der Waals surface area (Å²) >= 11 is 0. The first-order valence-electron chi connectivity index (χ1n) is 8.53. The molecule has 1 aromatic carbocycles. The van der Waals surface area contributed by atoms with Crippen molar-refractivity contribution in [1.29, 1.82) is 0 Å². The number of carbonyl (C=O) groups excluding carboxylic acids is 1. The Hall–Kier alpha value is -1.84. The number of hydrogen-bond donors (Lipinski definition) is 1. The van der Waals surface area contributed by atoms with Gasteiger partial charge in [0.25, 0.3) is 5.91 Å². The Balaban J connectivity index is 1.89. The van der Waals surface area contributed by atoms with Gasteiger partial charge in [0, 0.05) is 5.71 Å². The van der Waals surface area contributed by atoms with Crippen molar-refractivity contribution < 1.29 is 9.53 Å². The Labute approximate surface area is 139 Å². The summed E-state index contributed by atoms with van der Waals surface area (Å²) < 4.78 is 5.72. The first-order valence-corrected chi connectivity index (χ1v) is 8.53. The predicted octanol–water partition coefficient (Wildman–Crippen LogP) is 4.18. The van der Waals surface area contributed by atoms with Gasteiger partial charge in [-0.2, -0.15) is 5.10 Å². The lowest BCUT2D eigenvalue weighted by molar-refractivity contribution is -0.123. The molecule has 4 heteroatoms. The minimum atomic E-state index is -0.202. The van der Waals surface area contributed by atoms with E-state index < -0.39 is 0 Å². The van der Waals surface area contributed by atoms with E-state index >= 15 is 0 Å². The van der Waals surface area contributed by atoms with Crippen molar-refractivity contribution in [3.8, 4) is 5.75 Å². The molecule has 0 saturated heterocycles. The molecular weight excluding hydrogens is 288 g/mol. The third-order valence-corrected chi connectivity index (χ3v) is 4.23. The topological polar surface area (TPSA) is 50.7 Å². The molecule has 1 atom stereocenters. The van der Waals surface area contributed by atoms with Crippen LogP contribution in [-0.4, -0.2) is 18.2 Å². The Morgan fingerprint density at radius 3 is 2.91 bits per heavy atom. The molecule has 0 bridgehead atoms. The van der Waals surface area contributed by atoms with Crippen LogP contribution >= 0.6 is 0 Å². The predicted molar refractivity (Wildman–Crippen MR) is 94.0 cm³/mol. The fraction of sp³-hybridized carbons (Fsp3) is 0.579. The summed E-state index contributed by atoms with van der Waals surface area (Å²) in [7, 11) is 0. The van der Waals surface area contributed by atoms with E-state index in [1.165, 1.54) is 6.42 Å². The highest BCUT2D eigenvalue weighted by Crippen LogP contribution is 2.27. The minimum Gasteiger partial charge on any atom is -0.483 e. The Morgan fingerprint density at radius 2 is 2.22 bits per heavy atom. The molecule has 2 rings (SSSR count). The van der Waals surface area contributed by atoms with Crippen LogP contribution in [-0.2, 0) is 4.79 Å². The van der Waals surface area contributed by atoms with Gasteiger partial charge >= 0.3 is 0 Å². The zero-order chi connectivity index (χ0) is 16.8. The number of nitrogens with one attached hydrogen (secondary N) is 1. The van der Waals surface area contributed by atoms with Crippen LogP contribution in [0.5, 0.6) is 5.75 Å². The summed E-state index contributed by atoms with van der Waals surface area (Å²) in [6, 6.07) is 6.12.